The van der Waals surface area contributed by atoms with Crippen molar-refractivity contribution in [3.8, 4) is 5.75 Å². The van der Waals surface area contributed by atoms with Gasteiger partial charge in [0.1, 0.15) is 5.75 Å². The second kappa shape index (κ2) is 9.90. The van der Waals surface area contributed by atoms with E-state index in [1.807, 2.05) is 36.2 Å². The summed E-state index contributed by atoms with van der Waals surface area (Å²) in [5, 5.41) is 3.44. The summed E-state index contributed by atoms with van der Waals surface area (Å²) in [4.78, 5) is 14.5. The molecule has 0 bridgehead atoms. The van der Waals surface area contributed by atoms with Crippen LogP contribution < -0.4 is 10.1 Å². The molecule has 1 heterocycles. The van der Waals surface area contributed by atoms with E-state index in [-0.39, 0.29) is 24.4 Å². The number of nitrogens with zero attached hydrogens (tertiary/aromatic N) is 1. The van der Waals surface area contributed by atoms with Gasteiger partial charge in [0.2, 0.25) is 5.91 Å². The van der Waals surface area contributed by atoms with Crippen molar-refractivity contribution >= 4 is 18.3 Å². The van der Waals surface area contributed by atoms with Gasteiger partial charge in [-0.15, -0.1) is 12.4 Å². The normalized spacial score (nSPS) is 19.8. The quantitative estimate of drug-likeness (QED) is 0.847. The highest BCUT2D eigenvalue weighted by atomic mass is 35.5. The third-order valence-electron chi connectivity index (χ3n) is 5.21. The summed E-state index contributed by atoms with van der Waals surface area (Å²) in [5.41, 5.74) is 1.13. The number of benzene rings is 1. The number of hydrogen-bond donors (Lipinski definition) is 1. The first-order valence-corrected chi connectivity index (χ1v) is 8.63. The molecular formula is C19H31ClN2O2. The zero-order valence-corrected chi connectivity index (χ0v) is 16.1. The molecule has 1 aromatic rings. The smallest absolute Gasteiger partial charge is 0.223 e. The molecule has 0 aromatic heterocycles. The summed E-state index contributed by atoms with van der Waals surface area (Å²) in [6, 6.07) is 8.02. The minimum Gasteiger partial charge on any atom is -0.497 e. The number of rotatable bonds is 6. The molecular weight excluding hydrogens is 324 g/mol. The van der Waals surface area contributed by atoms with E-state index in [1.165, 1.54) is 12.8 Å². The highest BCUT2D eigenvalue weighted by Crippen LogP contribution is 2.26. The molecule has 0 aliphatic carbocycles. The lowest BCUT2D eigenvalue weighted by molar-refractivity contribution is -0.133. The van der Waals surface area contributed by atoms with E-state index in [1.54, 1.807) is 7.11 Å². The van der Waals surface area contributed by atoms with Crippen LogP contribution >= 0.6 is 12.4 Å². The topological polar surface area (TPSA) is 41.6 Å². The Balaban J connectivity index is 0.00000288. The first kappa shape index (κ1) is 20.8. The Morgan fingerprint density at radius 2 is 2.00 bits per heavy atom. The number of piperidine rings is 1. The molecule has 24 heavy (non-hydrogen) atoms. The number of amides is 1. The molecule has 1 aliphatic rings. The summed E-state index contributed by atoms with van der Waals surface area (Å²) < 4.78 is 5.19. The van der Waals surface area contributed by atoms with Crippen LogP contribution in [0.3, 0.4) is 0 Å². The van der Waals surface area contributed by atoms with Crippen LogP contribution in [-0.2, 0) is 4.79 Å². The number of carbonyl (C=O) groups excluding carboxylic acids is 1. The van der Waals surface area contributed by atoms with Crippen molar-refractivity contribution in [2.45, 2.75) is 39.2 Å². The summed E-state index contributed by atoms with van der Waals surface area (Å²) in [5.74, 6) is 2.12. The Labute approximate surface area is 152 Å². The number of nitrogens with one attached hydrogen (secondary N) is 1. The van der Waals surface area contributed by atoms with Gasteiger partial charge in [-0.1, -0.05) is 19.1 Å². The lowest BCUT2D eigenvalue weighted by atomic mass is 9.85. The van der Waals surface area contributed by atoms with Gasteiger partial charge in [-0.25, -0.2) is 0 Å². The molecule has 0 saturated carbocycles. The van der Waals surface area contributed by atoms with Gasteiger partial charge < -0.3 is 15.0 Å². The SMILES string of the molecule is COc1ccc(C(C)N(C)C(=O)CC(C)C2CCCNC2)cc1.Cl. The molecule has 0 spiro atoms. The van der Waals surface area contributed by atoms with Crippen molar-refractivity contribution in [2.75, 3.05) is 27.2 Å². The first-order chi connectivity index (χ1) is 11.0. The van der Waals surface area contributed by atoms with Gasteiger partial charge in [0.25, 0.3) is 0 Å². The van der Waals surface area contributed by atoms with Crippen LogP contribution in [-0.4, -0.2) is 38.1 Å². The van der Waals surface area contributed by atoms with Gasteiger partial charge in [0.05, 0.1) is 13.2 Å². The van der Waals surface area contributed by atoms with Crippen LogP contribution in [0.2, 0.25) is 0 Å². The van der Waals surface area contributed by atoms with Crippen LogP contribution in [0.4, 0.5) is 0 Å². The lowest BCUT2D eigenvalue weighted by Gasteiger charge is -2.31. The molecule has 136 valence electrons. The fourth-order valence-electron chi connectivity index (χ4n) is 3.27. The molecule has 3 unspecified atom stereocenters. The maximum absolute atomic E-state index is 12.6. The summed E-state index contributed by atoms with van der Waals surface area (Å²) in [6.45, 7) is 6.45. The lowest BCUT2D eigenvalue weighted by Crippen LogP contribution is -2.36. The molecule has 0 radical (unpaired) electrons. The van der Waals surface area contributed by atoms with Crippen molar-refractivity contribution in [1.29, 1.82) is 0 Å². The largest absolute Gasteiger partial charge is 0.497 e. The average molecular weight is 355 g/mol. The molecule has 5 heteroatoms. The molecule has 1 fully saturated rings. The predicted molar refractivity (Wildman–Crippen MR) is 101 cm³/mol. The third-order valence-corrected chi connectivity index (χ3v) is 5.21. The van der Waals surface area contributed by atoms with Crippen LogP contribution in [0.25, 0.3) is 0 Å². The zero-order chi connectivity index (χ0) is 16.8. The van der Waals surface area contributed by atoms with Crippen LogP contribution in [0.5, 0.6) is 5.75 Å². The Morgan fingerprint density at radius 1 is 1.33 bits per heavy atom. The second-order valence-corrected chi connectivity index (χ2v) is 6.74. The van der Waals surface area contributed by atoms with E-state index in [0.29, 0.717) is 18.3 Å². The highest BCUT2D eigenvalue weighted by molar-refractivity contribution is 5.85. The Kier molecular flexibility index (Phi) is 8.57. The van der Waals surface area contributed by atoms with E-state index in [0.717, 1.165) is 24.4 Å². The molecule has 1 amide bonds. The molecule has 3 atom stereocenters. The maximum atomic E-state index is 12.6. The van der Waals surface area contributed by atoms with Crippen molar-refractivity contribution in [1.82, 2.24) is 10.2 Å². The molecule has 4 nitrogen and oxygen atoms in total. The number of hydrogen-bond acceptors (Lipinski definition) is 3. The standard InChI is InChI=1S/C19H30N2O2.ClH/c1-14(17-6-5-11-20-13-17)12-19(22)21(3)15(2)16-7-9-18(23-4)10-8-16;/h7-10,14-15,17,20H,5-6,11-13H2,1-4H3;1H. The van der Waals surface area contributed by atoms with Gasteiger partial charge in [0, 0.05) is 13.5 Å². The molecule has 1 saturated heterocycles. The van der Waals surface area contributed by atoms with Gasteiger partial charge >= 0.3 is 0 Å². The summed E-state index contributed by atoms with van der Waals surface area (Å²) in [6.07, 6.45) is 3.09. The minimum atomic E-state index is 0. The van der Waals surface area contributed by atoms with E-state index in [2.05, 4.69) is 19.2 Å². The molecule has 1 N–H and O–H groups in total. The zero-order valence-electron chi connectivity index (χ0n) is 15.2. The summed E-state index contributed by atoms with van der Waals surface area (Å²) in [7, 11) is 3.57. The molecule has 1 aromatic carbocycles. The Morgan fingerprint density at radius 3 is 2.54 bits per heavy atom. The average Bonchev–Trinajstić information content (AvgIpc) is 2.61. The predicted octanol–water partition coefficient (Wildman–Crippen LogP) is 3.66. The fraction of sp³-hybridized carbons (Fsp3) is 0.632. The van der Waals surface area contributed by atoms with Crippen molar-refractivity contribution in [3.63, 3.8) is 0 Å². The maximum Gasteiger partial charge on any atom is 0.223 e. The van der Waals surface area contributed by atoms with E-state index < -0.39 is 0 Å². The fourth-order valence-corrected chi connectivity index (χ4v) is 3.27. The van der Waals surface area contributed by atoms with E-state index >= 15 is 0 Å². The van der Waals surface area contributed by atoms with Gasteiger partial charge in [-0.05, 0) is 62.4 Å². The Hall–Kier alpha value is -1.26. The minimum absolute atomic E-state index is 0. The number of methoxy groups -OCH3 is 1. The van der Waals surface area contributed by atoms with Crippen LogP contribution in [0.1, 0.15) is 44.7 Å². The number of halogens is 1. The monoisotopic (exact) mass is 354 g/mol. The molecule has 2 rings (SSSR count). The van der Waals surface area contributed by atoms with E-state index in [9.17, 15) is 4.79 Å². The highest BCUT2D eigenvalue weighted by Gasteiger charge is 2.25. The number of ether oxygens (including phenoxy) is 1. The molecule has 1 aliphatic heterocycles. The van der Waals surface area contributed by atoms with Crippen molar-refractivity contribution in [2.24, 2.45) is 11.8 Å². The third kappa shape index (κ3) is 5.38. The number of carbonyl (C=O) groups is 1. The van der Waals surface area contributed by atoms with Gasteiger partial charge in [-0.3, -0.25) is 4.79 Å². The van der Waals surface area contributed by atoms with Gasteiger partial charge in [0.15, 0.2) is 0 Å². The van der Waals surface area contributed by atoms with Crippen molar-refractivity contribution in [3.05, 3.63) is 29.8 Å². The Bertz CT molecular complexity index is 501. The van der Waals surface area contributed by atoms with Crippen molar-refractivity contribution < 1.29 is 9.53 Å². The van der Waals surface area contributed by atoms with E-state index in [4.69, 9.17) is 4.74 Å². The van der Waals surface area contributed by atoms with Crippen LogP contribution in [0.15, 0.2) is 24.3 Å². The second-order valence-electron chi connectivity index (χ2n) is 6.74. The van der Waals surface area contributed by atoms with Crippen LogP contribution in [0, 0.1) is 11.8 Å². The summed E-state index contributed by atoms with van der Waals surface area (Å²) >= 11 is 0. The first-order valence-electron chi connectivity index (χ1n) is 8.63. The van der Waals surface area contributed by atoms with Gasteiger partial charge in [-0.2, -0.15) is 0 Å².